The second kappa shape index (κ2) is 11.5. The molecule has 2 aromatic rings. The average molecular weight is 516 g/mol. The van der Waals surface area contributed by atoms with Gasteiger partial charge in [0.25, 0.3) is 0 Å². The molecule has 0 saturated heterocycles. The Morgan fingerprint density at radius 2 is 2.15 bits per heavy atom. The molecular weight excluding hydrogens is 492 g/mol. The molecule has 152 valence electrons. The largest absolute Gasteiger partial charge is 0.434 e. The highest BCUT2D eigenvalue weighted by atomic mass is 127. The molecule has 0 aliphatic heterocycles. The summed E-state index contributed by atoms with van der Waals surface area (Å²) < 4.78 is 39.5. The van der Waals surface area contributed by atoms with Crippen LogP contribution in [0.3, 0.4) is 0 Å². The maximum absolute atomic E-state index is 12.6. The summed E-state index contributed by atoms with van der Waals surface area (Å²) in [6, 6.07) is 1.88. The molecule has 2 heterocycles. The summed E-state index contributed by atoms with van der Waals surface area (Å²) in [5, 5.41) is 11.9. The fourth-order valence-corrected chi connectivity index (χ4v) is 3.02. The third kappa shape index (κ3) is 8.45. The van der Waals surface area contributed by atoms with E-state index < -0.39 is 11.9 Å². The zero-order valence-electron chi connectivity index (χ0n) is 15.2. The Labute approximate surface area is 177 Å². The minimum Gasteiger partial charge on any atom is -0.357 e. The van der Waals surface area contributed by atoms with E-state index in [1.54, 1.807) is 6.20 Å². The molecule has 0 aliphatic rings. The van der Waals surface area contributed by atoms with Gasteiger partial charge in [0.15, 0.2) is 11.7 Å². The number of hydrogen-bond donors (Lipinski definition) is 2. The van der Waals surface area contributed by atoms with E-state index in [0.29, 0.717) is 42.9 Å². The van der Waals surface area contributed by atoms with Crippen LogP contribution in [-0.4, -0.2) is 40.4 Å². The minimum absolute atomic E-state index is 0. The normalized spacial score (nSPS) is 13.1. The predicted octanol–water partition coefficient (Wildman–Crippen LogP) is 3.41. The SMILES string of the molecule is CCNC(=NCC(C)Cn1cccn1)NCCc1nc(C(F)(F)F)cs1.I. The lowest BCUT2D eigenvalue weighted by atomic mass is 10.2. The van der Waals surface area contributed by atoms with Crippen LogP contribution in [0.4, 0.5) is 13.2 Å². The fraction of sp³-hybridized carbons (Fsp3) is 0.562. The van der Waals surface area contributed by atoms with Gasteiger partial charge in [0, 0.05) is 50.4 Å². The summed E-state index contributed by atoms with van der Waals surface area (Å²) in [6.45, 7) is 6.60. The molecule has 2 rings (SSSR count). The van der Waals surface area contributed by atoms with Gasteiger partial charge in [-0.25, -0.2) is 4.98 Å². The molecule has 1 atom stereocenters. The third-order valence-electron chi connectivity index (χ3n) is 3.44. The summed E-state index contributed by atoms with van der Waals surface area (Å²) in [7, 11) is 0. The number of hydrogen-bond acceptors (Lipinski definition) is 4. The predicted molar refractivity (Wildman–Crippen MR) is 112 cm³/mol. The van der Waals surface area contributed by atoms with Crippen LogP contribution < -0.4 is 10.6 Å². The molecule has 2 N–H and O–H groups in total. The van der Waals surface area contributed by atoms with E-state index in [4.69, 9.17) is 0 Å². The fourth-order valence-electron chi connectivity index (χ4n) is 2.22. The Kier molecular flexibility index (Phi) is 10.1. The van der Waals surface area contributed by atoms with Gasteiger partial charge in [0.1, 0.15) is 0 Å². The number of thiazole rings is 1. The van der Waals surface area contributed by atoms with E-state index in [9.17, 15) is 13.2 Å². The number of rotatable bonds is 8. The Hall–Kier alpha value is -1.37. The van der Waals surface area contributed by atoms with Crippen molar-refractivity contribution in [3.8, 4) is 0 Å². The Balaban J connectivity index is 0.00000364. The lowest BCUT2D eigenvalue weighted by molar-refractivity contribution is -0.140. The van der Waals surface area contributed by atoms with Crippen LogP contribution in [-0.2, 0) is 19.1 Å². The van der Waals surface area contributed by atoms with Gasteiger partial charge in [0.05, 0.1) is 5.01 Å². The molecule has 0 amide bonds. The van der Waals surface area contributed by atoms with Crippen LogP contribution in [0.5, 0.6) is 0 Å². The van der Waals surface area contributed by atoms with Crippen LogP contribution in [0.15, 0.2) is 28.8 Å². The van der Waals surface area contributed by atoms with Gasteiger partial charge in [-0.2, -0.15) is 18.3 Å². The zero-order chi connectivity index (χ0) is 19.0. The van der Waals surface area contributed by atoms with Crippen LogP contribution in [0, 0.1) is 5.92 Å². The first-order valence-corrected chi connectivity index (χ1v) is 9.27. The van der Waals surface area contributed by atoms with Crippen LogP contribution in [0.1, 0.15) is 24.5 Å². The van der Waals surface area contributed by atoms with Gasteiger partial charge >= 0.3 is 6.18 Å². The summed E-state index contributed by atoms with van der Waals surface area (Å²) in [5.74, 6) is 0.950. The van der Waals surface area contributed by atoms with Crippen molar-refractivity contribution in [2.75, 3.05) is 19.6 Å². The summed E-state index contributed by atoms with van der Waals surface area (Å²) in [5.41, 5.74) is -0.828. The van der Waals surface area contributed by atoms with Crippen LogP contribution in [0.25, 0.3) is 0 Å². The van der Waals surface area contributed by atoms with E-state index in [2.05, 4.69) is 32.6 Å². The maximum atomic E-state index is 12.6. The Bertz CT molecular complexity index is 687. The molecular formula is C16H24F3IN6S. The Morgan fingerprint density at radius 3 is 2.74 bits per heavy atom. The molecule has 0 fully saturated rings. The topological polar surface area (TPSA) is 67.1 Å². The van der Waals surface area contributed by atoms with Gasteiger partial charge in [-0.3, -0.25) is 9.67 Å². The lowest BCUT2D eigenvalue weighted by Gasteiger charge is -2.13. The first-order valence-electron chi connectivity index (χ1n) is 8.39. The van der Waals surface area contributed by atoms with Gasteiger partial charge in [-0.15, -0.1) is 35.3 Å². The Morgan fingerprint density at radius 1 is 1.37 bits per heavy atom. The molecule has 0 spiro atoms. The number of nitrogens with zero attached hydrogens (tertiary/aromatic N) is 4. The number of aromatic nitrogens is 3. The van der Waals surface area contributed by atoms with Crippen molar-refractivity contribution in [1.29, 1.82) is 0 Å². The summed E-state index contributed by atoms with van der Waals surface area (Å²) in [4.78, 5) is 8.15. The molecule has 6 nitrogen and oxygen atoms in total. The summed E-state index contributed by atoms with van der Waals surface area (Å²) in [6.07, 6.45) is -0.325. The van der Waals surface area contributed by atoms with Crippen molar-refractivity contribution >= 4 is 41.3 Å². The molecule has 0 radical (unpaired) electrons. The highest BCUT2D eigenvalue weighted by Gasteiger charge is 2.33. The highest BCUT2D eigenvalue weighted by molar-refractivity contribution is 14.0. The number of nitrogens with one attached hydrogen (secondary N) is 2. The van der Waals surface area contributed by atoms with Crippen molar-refractivity contribution in [3.05, 3.63) is 34.5 Å². The molecule has 27 heavy (non-hydrogen) atoms. The smallest absolute Gasteiger partial charge is 0.357 e. The zero-order valence-corrected chi connectivity index (χ0v) is 18.3. The second-order valence-electron chi connectivity index (χ2n) is 5.85. The van der Waals surface area contributed by atoms with Crippen molar-refractivity contribution in [1.82, 2.24) is 25.4 Å². The van der Waals surface area contributed by atoms with Crippen LogP contribution >= 0.6 is 35.3 Å². The van der Waals surface area contributed by atoms with Crippen molar-refractivity contribution < 1.29 is 13.2 Å². The average Bonchev–Trinajstić information content (AvgIpc) is 3.24. The standard InChI is InChI=1S/C16H23F3N6S.HI/c1-3-20-15(22-9-12(2)10-25-8-4-6-23-25)21-7-5-14-24-13(11-26-14)16(17,18)19;/h4,6,8,11-12H,3,5,7,9-10H2,1-2H3,(H2,20,21,22);1H. The minimum atomic E-state index is -4.39. The van der Waals surface area contributed by atoms with E-state index in [-0.39, 0.29) is 24.0 Å². The molecule has 0 bridgehead atoms. The highest BCUT2D eigenvalue weighted by Crippen LogP contribution is 2.29. The lowest BCUT2D eigenvalue weighted by Crippen LogP contribution is -2.38. The maximum Gasteiger partial charge on any atom is 0.434 e. The monoisotopic (exact) mass is 516 g/mol. The van der Waals surface area contributed by atoms with Crippen LogP contribution in [0.2, 0.25) is 0 Å². The first kappa shape index (κ1) is 23.7. The van der Waals surface area contributed by atoms with Gasteiger partial charge < -0.3 is 10.6 Å². The van der Waals surface area contributed by atoms with Gasteiger partial charge in [-0.05, 0) is 18.9 Å². The number of alkyl halides is 3. The summed E-state index contributed by atoms with van der Waals surface area (Å²) >= 11 is 1.02. The van der Waals surface area contributed by atoms with Crippen molar-refractivity contribution in [2.24, 2.45) is 10.9 Å². The van der Waals surface area contributed by atoms with E-state index in [1.165, 1.54) is 0 Å². The van der Waals surface area contributed by atoms with Gasteiger partial charge in [-0.1, -0.05) is 6.92 Å². The first-order chi connectivity index (χ1) is 12.4. The molecule has 1 unspecified atom stereocenters. The molecule has 2 aromatic heterocycles. The number of guanidine groups is 1. The van der Waals surface area contributed by atoms with E-state index >= 15 is 0 Å². The third-order valence-corrected chi connectivity index (χ3v) is 4.35. The second-order valence-corrected chi connectivity index (χ2v) is 6.80. The number of aliphatic imine (C=N–C) groups is 1. The molecule has 11 heteroatoms. The van der Waals surface area contributed by atoms with E-state index in [0.717, 1.165) is 23.3 Å². The molecule has 0 aromatic carbocycles. The molecule has 0 aliphatic carbocycles. The quantitative estimate of drug-likeness (QED) is 0.321. The van der Waals surface area contributed by atoms with E-state index in [1.807, 2.05) is 23.9 Å². The van der Waals surface area contributed by atoms with Gasteiger partial charge in [0.2, 0.25) is 0 Å². The van der Waals surface area contributed by atoms with Crippen molar-refractivity contribution in [3.63, 3.8) is 0 Å². The van der Waals surface area contributed by atoms with Crippen molar-refractivity contribution in [2.45, 2.75) is 33.0 Å². The molecule has 0 saturated carbocycles. The number of halogens is 4.